The molecule has 0 bridgehead atoms. The summed E-state index contributed by atoms with van der Waals surface area (Å²) < 4.78 is 22.6. The lowest BCUT2D eigenvalue weighted by atomic mass is 10.2. The van der Waals surface area contributed by atoms with Crippen molar-refractivity contribution in [3.8, 4) is 12.3 Å². The number of primary sulfonamides is 1. The Morgan fingerprint density at radius 3 is 2.61 bits per heavy atom. The first kappa shape index (κ1) is 14.2. The Kier molecular flexibility index (Phi) is 4.44. The number of carbonyl (C=O) groups excluding carboxylic acids is 1. The van der Waals surface area contributed by atoms with Crippen molar-refractivity contribution < 1.29 is 13.2 Å². The van der Waals surface area contributed by atoms with E-state index in [1.54, 1.807) is 6.07 Å². The Bertz CT molecular complexity index is 590. The molecule has 1 unspecified atom stereocenters. The van der Waals surface area contributed by atoms with Crippen LogP contribution in [0.5, 0.6) is 0 Å². The van der Waals surface area contributed by atoms with Gasteiger partial charge >= 0.3 is 0 Å². The number of terminal acetylenes is 1. The van der Waals surface area contributed by atoms with Crippen LogP contribution in [0.4, 0.5) is 5.69 Å². The molecule has 0 fully saturated rings. The zero-order chi connectivity index (χ0) is 13.8. The van der Waals surface area contributed by atoms with Crippen LogP contribution < -0.4 is 16.2 Å². The fraction of sp³-hybridized carbons (Fsp3) is 0.182. The minimum Gasteiger partial charge on any atom is -0.323 e. The van der Waals surface area contributed by atoms with E-state index in [1.165, 1.54) is 18.2 Å². The Labute approximate surface area is 105 Å². The number of nitrogens with one attached hydrogen (secondary N) is 1. The zero-order valence-corrected chi connectivity index (χ0v) is 10.3. The summed E-state index contributed by atoms with van der Waals surface area (Å²) in [6.45, 7) is 0. The number of hydrogen-bond acceptors (Lipinski definition) is 4. The molecule has 1 aromatic carbocycles. The molecule has 1 aromatic rings. The molecule has 18 heavy (non-hydrogen) atoms. The third-order valence-corrected chi connectivity index (χ3v) is 3.10. The average molecular weight is 267 g/mol. The van der Waals surface area contributed by atoms with E-state index in [-0.39, 0.29) is 17.0 Å². The predicted octanol–water partition coefficient (Wildman–Crippen LogP) is -0.377. The molecular weight excluding hydrogens is 254 g/mol. The normalized spacial score (nSPS) is 12.5. The smallest absolute Gasteiger partial charge is 0.242 e. The Balaban J connectivity index is 3.00. The van der Waals surface area contributed by atoms with E-state index in [9.17, 15) is 13.2 Å². The summed E-state index contributed by atoms with van der Waals surface area (Å²) >= 11 is 0. The van der Waals surface area contributed by atoms with Gasteiger partial charge < -0.3 is 11.1 Å². The van der Waals surface area contributed by atoms with Crippen LogP contribution in [0.2, 0.25) is 0 Å². The van der Waals surface area contributed by atoms with Gasteiger partial charge in [0.25, 0.3) is 0 Å². The second kappa shape index (κ2) is 5.64. The van der Waals surface area contributed by atoms with Crippen LogP contribution in [-0.4, -0.2) is 20.4 Å². The summed E-state index contributed by atoms with van der Waals surface area (Å²) in [4.78, 5) is 11.4. The highest BCUT2D eigenvalue weighted by molar-refractivity contribution is 7.89. The molecule has 1 rings (SSSR count). The summed E-state index contributed by atoms with van der Waals surface area (Å²) in [6.07, 6.45) is 5.09. The molecule has 5 N–H and O–H groups in total. The van der Waals surface area contributed by atoms with Crippen LogP contribution >= 0.6 is 0 Å². The van der Waals surface area contributed by atoms with Crippen molar-refractivity contribution in [2.45, 2.75) is 17.4 Å². The third kappa shape index (κ3) is 3.56. The van der Waals surface area contributed by atoms with Gasteiger partial charge in [-0.15, -0.1) is 12.3 Å². The number of sulfonamides is 1. The molecule has 7 heteroatoms. The van der Waals surface area contributed by atoms with Crippen molar-refractivity contribution in [3.63, 3.8) is 0 Å². The van der Waals surface area contributed by atoms with Gasteiger partial charge in [0.05, 0.1) is 11.7 Å². The molecule has 0 heterocycles. The first-order chi connectivity index (χ1) is 8.36. The zero-order valence-electron chi connectivity index (χ0n) is 9.46. The number of para-hydroxylation sites is 1. The molecule has 0 spiro atoms. The van der Waals surface area contributed by atoms with Gasteiger partial charge in [-0.05, 0) is 12.1 Å². The number of nitrogens with two attached hydrogens (primary N) is 2. The number of benzene rings is 1. The molecule has 0 saturated carbocycles. The highest BCUT2D eigenvalue weighted by Gasteiger charge is 2.17. The van der Waals surface area contributed by atoms with Crippen LogP contribution in [0.25, 0.3) is 0 Å². The highest BCUT2D eigenvalue weighted by atomic mass is 32.2. The van der Waals surface area contributed by atoms with Crippen LogP contribution in [0.15, 0.2) is 29.2 Å². The van der Waals surface area contributed by atoms with Crippen molar-refractivity contribution in [2.24, 2.45) is 10.9 Å². The average Bonchev–Trinajstić information content (AvgIpc) is 2.28. The number of rotatable bonds is 4. The monoisotopic (exact) mass is 267 g/mol. The molecule has 0 aliphatic carbocycles. The molecule has 0 aliphatic rings. The molecular formula is C11H13N3O3S. The van der Waals surface area contributed by atoms with Gasteiger partial charge in [-0.3, -0.25) is 4.79 Å². The summed E-state index contributed by atoms with van der Waals surface area (Å²) in [6, 6.07) is 4.87. The predicted molar refractivity (Wildman–Crippen MR) is 67.9 cm³/mol. The van der Waals surface area contributed by atoms with Gasteiger partial charge in [0.15, 0.2) is 0 Å². The lowest BCUT2D eigenvalue weighted by molar-refractivity contribution is -0.117. The van der Waals surface area contributed by atoms with Crippen LogP contribution in [0.3, 0.4) is 0 Å². The van der Waals surface area contributed by atoms with Crippen molar-refractivity contribution in [1.29, 1.82) is 0 Å². The molecule has 0 aromatic heterocycles. The van der Waals surface area contributed by atoms with Gasteiger partial charge in [-0.1, -0.05) is 12.1 Å². The van der Waals surface area contributed by atoms with E-state index in [0.29, 0.717) is 0 Å². The standard InChI is InChI=1S/C11H13N3O3S/c1-2-5-8(12)11(15)14-9-6-3-4-7-10(9)18(13,16)17/h1,3-4,6-8H,5,12H2,(H,14,15)(H2,13,16,17). The highest BCUT2D eigenvalue weighted by Crippen LogP contribution is 2.19. The van der Waals surface area contributed by atoms with Gasteiger partial charge in [-0.2, -0.15) is 0 Å². The van der Waals surface area contributed by atoms with E-state index in [2.05, 4.69) is 11.2 Å². The number of hydrogen-bond donors (Lipinski definition) is 3. The topological polar surface area (TPSA) is 115 Å². The molecule has 0 radical (unpaired) electrons. The quantitative estimate of drug-likeness (QED) is 0.645. The summed E-state index contributed by atoms with van der Waals surface area (Å²) in [5.41, 5.74) is 5.58. The number of carbonyl (C=O) groups is 1. The molecule has 1 amide bonds. The molecule has 1 atom stereocenters. The van der Waals surface area contributed by atoms with Gasteiger partial charge in [0.1, 0.15) is 4.90 Å². The lowest BCUT2D eigenvalue weighted by Gasteiger charge is -2.12. The minimum absolute atomic E-state index is 0.0589. The van der Waals surface area contributed by atoms with Gasteiger partial charge in [0, 0.05) is 6.42 Å². The largest absolute Gasteiger partial charge is 0.323 e. The maximum atomic E-state index is 11.6. The van der Waals surface area contributed by atoms with Crippen LogP contribution in [-0.2, 0) is 14.8 Å². The first-order valence-corrected chi connectivity index (χ1v) is 6.52. The van der Waals surface area contributed by atoms with Crippen LogP contribution in [0.1, 0.15) is 6.42 Å². The fourth-order valence-electron chi connectivity index (χ4n) is 1.26. The lowest BCUT2D eigenvalue weighted by Crippen LogP contribution is -2.35. The first-order valence-electron chi connectivity index (χ1n) is 4.98. The molecule has 0 aliphatic heterocycles. The van der Waals surface area contributed by atoms with Crippen LogP contribution in [0, 0.1) is 12.3 Å². The van der Waals surface area contributed by atoms with Crippen molar-refractivity contribution >= 4 is 21.6 Å². The van der Waals surface area contributed by atoms with E-state index >= 15 is 0 Å². The van der Waals surface area contributed by atoms with E-state index < -0.39 is 22.0 Å². The molecule has 6 nitrogen and oxygen atoms in total. The maximum absolute atomic E-state index is 11.6. The van der Waals surface area contributed by atoms with Gasteiger partial charge in [-0.25, -0.2) is 13.6 Å². The second-order valence-corrected chi connectivity index (χ2v) is 5.08. The summed E-state index contributed by atoms with van der Waals surface area (Å²) in [5, 5.41) is 7.41. The summed E-state index contributed by atoms with van der Waals surface area (Å²) in [5.74, 6) is 1.68. The fourth-order valence-corrected chi connectivity index (χ4v) is 1.96. The number of anilines is 1. The molecule has 0 saturated heterocycles. The number of amides is 1. The van der Waals surface area contributed by atoms with Crippen molar-refractivity contribution in [1.82, 2.24) is 0 Å². The second-order valence-electron chi connectivity index (χ2n) is 3.55. The Hall–Kier alpha value is -1.88. The summed E-state index contributed by atoms with van der Waals surface area (Å²) in [7, 11) is -3.91. The maximum Gasteiger partial charge on any atom is 0.242 e. The van der Waals surface area contributed by atoms with Crippen molar-refractivity contribution in [3.05, 3.63) is 24.3 Å². The van der Waals surface area contributed by atoms with E-state index in [4.69, 9.17) is 17.3 Å². The van der Waals surface area contributed by atoms with Gasteiger partial charge in [0.2, 0.25) is 15.9 Å². The third-order valence-electron chi connectivity index (χ3n) is 2.13. The molecule has 96 valence electrons. The van der Waals surface area contributed by atoms with E-state index in [0.717, 1.165) is 0 Å². The van der Waals surface area contributed by atoms with E-state index in [1.807, 2.05) is 0 Å². The Morgan fingerprint density at radius 1 is 1.44 bits per heavy atom. The van der Waals surface area contributed by atoms with Crippen molar-refractivity contribution in [2.75, 3.05) is 5.32 Å². The Morgan fingerprint density at radius 2 is 2.06 bits per heavy atom. The minimum atomic E-state index is -3.91. The SMILES string of the molecule is C#CCC(N)C(=O)Nc1ccccc1S(N)(=O)=O.